The van der Waals surface area contributed by atoms with Crippen molar-refractivity contribution in [3.8, 4) is 5.75 Å². The van der Waals surface area contributed by atoms with E-state index in [0.717, 1.165) is 0 Å². The smallest absolute Gasteiger partial charge is 0.251 e. The van der Waals surface area contributed by atoms with Gasteiger partial charge in [0, 0.05) is 24.6 Å². The van der Waals surface area contributed by atoms with Crippen LogP contribution in [-0.4, -0.2) is 43.8 Å². The molecule has 0 aliphatic heterocycles. The SMILES string of the molecule is COc1ccc(NC(=O)[C@H](c2cccc(F)c2)N(Cc2cccnc2)C(=O)Cn2nnc3ccccc32)cc1. The monoisotopic (exact) mass is 524 g/mol. The zero-order valence-corrected chi connectivity index (χ0v) is 21.1. The Labute approximate surface area is 223 Å². The van der Waals surface area contributed by atoms with Crippen molar-refractivity contribution >= 4 is 28.5 Å². The number of amides is 2. The summed E-state index contributed by atoms with van der Waals surface area (Å²) in [6.45, 7) is -0.126. The molecular weight excluding hydrogens is 499 g/mol. The number of nitrogens with zero attached hydrogens (tertiary/aromatic N) is 5. The normalized spacial score (nSPS) is 11.6. The van der Waals surface area contributed by atoms with Crippen molar-refractivity contribution in [1.82, 2.24) is 24.9 Å². The number of ether oxygens (including phenoxy) is 1. The molecule has 1 atom stereocenters. The summed E-state index contributed by atoms with van der Waals surface area (Å²) in [5.41, 5.74) is 2.84. The van der Waals surface area contributed by atoms with Crippen molar-refractivity contribution in [1.29, 1.82) is 0 Å². The molecule has 0 fully saturated rings. The van der Waals surface area contributed by atoms with E-state index in [-0.39, 0.29) is 13.1 Å². The minimum absolute atomic E-state index is 0.0521. The van der Waals surface area contributed by atoms with E-state index in [9.17, 15) is 14.0 Å². The summed E-state index contributed by atoms with van der Waals surface area (Å²) < 4.78 is 21.1. The van der Waals surface area contributed by atoms with E-state index < -0.39 is 23.7 Å². The molecule has 196 valence electrons. The second kappa shape index (κ2) is 11.5. The van der Waals surface area contributed by atoms with Crippen LogP contribution in [-0.2, 0) is 22.7 Å². The van der Waals surface area contributed by atoms with E-state index >= 15 is 0 Å². The molecule has 39 heavy (non-hydrogen) atoms. The molecule has 0 aliphatic rings. The predicted molar refractivity (Wildman–Crippen MR) is 143 cm³/mol. The fraction of sp³-hybridized carbons (Fsp3) is 0.138. The van der Waals surface area contributed by atoms with Crippen molar-refractivity contribution in [2.24, 2.45) is 0 Å². The summed E-state index contributed by atoms with van der Waals surface area (Å²) in [7, 11) is 1.55. The summed E-state index contributed by atoms with van der Waals surface area (Å²) in [6, 6.07) is 22.1. The van der Waals surface area contributed by atoms with Gasteiger partial charge in [0.2, 0.25) is 5.91 Å². The number of hydrogen-bond donors (Lipinski definition) is 1. The van der Waals surface area contributed by atoms with Crippen LogP contribution in [0.15, 0.2) is 97.3 Å². The molecule has 1 N–H and O–H groups in total. The van der Waals surface area contributed by atoms with Crippen molar-refractivity contribution in [3.05, 3.63) is 114 Å². The number of fused-ring (bicyclic) bond motifs is 1. The number of rotatable bonds is 9. The molecule has 0 unspecified atom stereocenters. The van der Waals surface area contributed by atoms with Gasteiger partial charge in [0.25, 0.3) is 5.91 Å². The summed E-state index contributed by atoms with van der Waals surface area (Å²) in [5, 5.41) is 11.1. The third kappa shape index (κ3) is 5.90. The van der Waals surface area contributed by atoms with Gasteiger partial charge in [-0.2, -0.15) is 0 Å². The summed E-state index contributed by atoms with van der Waals surface area (Å²) in [5.74, 6) is -0.811. The molecule has 5 rings (SSSR count). The average Bonchev–Trinajstić information content (AvgIpc) is 3.36. The number of hydrogen-bond acceptors (Lipinski definition) is 6. The molecule has 0 aliphatic carbocycles. The second-order valence-electron chi connectivity index (χ2n) is 8.79. The topological polar surface area (TPSA) is 102 Å². The maximum Gasteiger partial charge on any atom is 0.251 e. The van der Waals surface area contributed by atoms with E-state index in [2.05, 4.69) is 20.6 Å². The summed E-state index contributed by atoms with van der Waals surface area (Å²) >= 11 is 0. The maximum atomic E-state index is 14.4. The van der Waals surface area contributed by atoms with Gasteiger partial charge in [-0.1, -0.05) is 35.5 Å². The number of benzene rings is 3. The molecule has 0 saturated carbocycles. The van der Waals surface area contributed by atoms with Gasteiger partial charge in [0.15, 0.2) is 0 Å². The van der Waals surface area contributed by atoms with Gasteiger partial charge in [0.05, 0.1) is 12.6 Å². The Morgan fingerprint density at radius 2 is 1.85 bits per heavy atom. The summed E-state index contributed by atoms with van der Waals surface area (Å²) in [6.07, 6.45) is 3.24. The molecule has 3 aromatic carbocycles. The number of halogens is 1. The van der Waals surface area contributed by atoms with Crippen molar-refractivity contribution < 1.29 is 18.7 Å². The van der Waals surface area contributed by atoms with Crippen LogP contribution in [0.1, 0.15) is 17.2 Å². The van der Waals surface area contributed by atoms with Crippen molar-refractivity contribution in [2.75, 3.05) is 12.4 Å². The number of anilines is 1. The first-order valence-electron chi connectivity index (χ1n) is 12.2. The Balaban J connectivity index is 1.53. The van der Waals surface area contributed by atoms with Crippen molar-refractivity contribution in [2.45, 2.75) is 19.1 Å². The molecule has 10 heteroatoms. The number of methoxy groups -OCH3 is 1. The van der Waals surface area contributed by atoms with Crippen LogP contribution >= 0.6 is 0 Å². The Bertz CT molecular complexity index is 1590. The molecule has 2 amide bonds. The minimum Gasteiger partial charge on any atom is -0.497 e. The number of nitrogens with one attached hydrogen (secondary N) is 1. The van der Waals surface area contributed by atoms with Gasteiger partial charge < -0.3 is 15.0 Å². The molecule has 0 saturated heterocycles. The van der Waals surface area contributed by atoms with Crippen LogP contribution in [0.5, 0.6) is 5.75 Å². The van der Waals surface area contributed by atoms with E-state index in [1.54, 1.807) is 62.0 Å². The van der Waals surface area contributed by atoms with Crippen molar-refractivity contribution in [3.63, 3.8) is 0 Å². The van der Waals surface area contributed by atoms with E-state index in [0.29, 0.717) is 33.6 Å². The molecule has 9 nitrogen and oxygen atoms in total. The zero-order chi connectivity index (χ0) is 27.2. The van der Waals surface area contributed by atoms with Crippen LogP contribution in [0.3, 0.4) is 0 Å². The first-order chi connectivity index (χ1) is 19.0. The quantitative estimate of drug-likeness (QED) is 0.307. The average molecular weight is 525 g/mol. The molecule has 0 radical (unpaired) electrons. The lowest BCUT2D eigenvalue weighted by atomic mass is 10.0. The zero-order valence-electron chi connectivity index (χ0n) is 21.1. The van der Waals surface area contributed by atoms with Crippen LogP contribution in [0.25, 0.3) is 11.0 Å². The van der Waals surface area contributed by atoms with Crippen LogP contribution in [0, 0.1) is 5.82 Å². The lowest BCUT2D eigenvalue weighted by Gasteiger charge is -2.31. The standard InChI is InChI=1S/C29H25FN6O3/c1-39-24-13-11-23(12-14-24)32-29(38)28(21-7-4-8-22(30)16-21)35(18-20-6-5-15-31-17-20)27(37)19-36-26-10-3-2-9-25(26)33-34-36/h2-17,28H,18-19H2,1H3,(H,32,38)/t28-/m0/s1. The number of carbonyl (C=O) groups is 2. The third-order valence-corrected chi connectivity index (χ3v) is 6.18. The third-order valence-electron chi connectivity index (χ3n) is 6.18. The fourth-order valence-electron chi connectivity index (χ4n) is 4.30. The van der Waals surface area contributed by atoms with Gasteiger partial charge >= 0.3 is 0 Å². The molecule has 2 heterocycles. The first-order valence-corrected chi connectivity index (χ1v) is 12.2. The molecule has 5 aromatic rings. The largest absolute Gasteiger partial charge is 0.497 e. The number of aromatic nitrogens is 4. The minimum atomic E-state index is -1.16. The maximum absolute atomic E-state index is 14.4. The Hall–Kier alpha value is -5.12. The van der Waals surface area contributed by atoms with Gasteiger partial charge in [-0.05, 0) is 65.7 Å². The van der Waals surface area contributed by atoms with Crippen LogP contribution in [0.2, 0.25) is 0 Å². The van der Waals surface area contributed by atoms with Crippen LogP contribution < -0.4 is 10.1 Å². The molecule has 0 bridgehead atoms. The second-order valence-corrected chi connectivity index (χ2v) is 8.79. The van der Waals surface area contributed by atoms with Crippen LogP contribution in [0.4, 0.5) is 10.1 Å². The molecule has 0 spiro atoms. The molecular formula is C29H25FN6O3. The summed E-state index contributed by atoms with van der Waals surface area (Å²) in [4.78, 5) is 33.3. The van der Waals surface area contributed by atoms with Gasteiger partial charge in [0.1, 0.15) is 29.7 Å². The Kier molecular flexibility index (Phi) is 7.53. The fourth-order valence-corrected chi connectivity index (χ4v) is 4.30. The highest BCUT2D eigenvalue weighted by Gasteiger charge is 2.32. The van der Waals surface area contributed by atoms with E-state index in [4.69, 9.17) is 4.74 Å². The van der Waals surface area contributed by atoms with E-state index in [1.807, 2.05) is 24.3 Å². The highest BCUT2D eigenvalue weighted by molar-refractivity contribution is 5.98. The predicted octanol–water partition coefficient (Wildman–Crippen LogP) is 4.38. The van der Waals surface area contributed by atoms with Gasteiger partial charge in [-0.15, -0.1) is 5.10 Å². The lowest BCUT2D eigenvalue weighted by molar-refractivity contribution is -0.140. The Morgan fingerprint density at radius 3 is 2.59 bits per heavy atom. The highest BCUT2D eigenvalue weighted by atomic mass is 19.1. The van der Waals surface area contributed by atoms with E-state index in [1.165, 1.54) is 27.8 Å². The lowest BCUT2D eigenvalue weighted by Crippen LogP contribution is -2.42. The van der Waals surface area contributed by atoms with Gasteiger partial charge in [-0.25, -0.2) is 9.07 Å². The highest BCUT2D eigenvalue weighted by Crippen LogP contribution is 2.27. The number of para-hydroxylation sites is 1. The first kappa shape index (κ1) is 25.5. The molecule has 2 aromatic heterocycles. The van der Waals surface area contributed by atoms with Gasteiger partial charge in [-0.3, -0.25) is 14.6 Å². The number of pyridine rings is 1. The number of carbonyl (C=O) groups excluding carboxylic acids is 2. The Morgan fingerprint density at radius 1 is 1.03 bits per heavy atom.